The van der Waals surface area contributed by atoms with Crippen LogP contribution in [-0.4, -0.2) is 14.4 Å². The van der Waals surface area contributed by atoms with Gasteiger partial charge < -0.3 is 4.74 Å². The van der Waals surface area contributed by atoms with Crippen molar-refractivity contribution >= 4 is 5.65 Å². The molecule has 0 saturated heterocycles. The first-order chi connectivity index (χ1) is 13.9. The maximum atomic E-state index is 5.87. The fourth-order valence-corrected chi connectivity index (χ4v) is 3.24. The molecule has 2 aromatic carbocycles. The van der Waals surface area contributed by atoms with Gasteiger partial charge in [0, 0.05) is 24.2 Å². The van der Waals surface area contributed by atoms with Gasteiger partial charge in [0.15, 0.2) is 0 Å². The Hall–Kier alpha value is -3.92. The summed E-state index contributed by atoms with van der Waals surface area (Å²) in [5, 5.41) is 0. The number of pyridine rings is 2. The van der Waals surface area contributed by atoms with Crippen LogP contribution in [0.2, 0.25) is 0 Å². The fraction of sp³-hybridized carbons (Fsp3) is 0. The molecule has 0 aliphatic heterocycles. The van der Waals surface area contributed by atoms with Gasteiger partial charge >= 0.3 is 0 Å². The predicted octanol–water partition coefficient (Wildman–Crippen LogP) is 5.86. The fourth-order valence-electron chi connectivity index (χ4n) is 3.24. The second kappa shape index (κ2) is 7.00. The van der Waals surface area contributed by atoms with Crippen molar-refractivity contribution in [2.24, 2.45) is 0 Å². The van der Waals surface area contributed by atoms with Crippen LogP contribution in [0.25, 0.3) is 28.0 Å². The van der Waals surface area contributed by atoms with Crippen molar-refractivity contribution in [3.05, 3.63) is 104 Å². The molecule has 4 nitrogen and oxygen atoms in total. The molecule has 0 radical (unpaired) electrons. The molecule has 28 heavy (non-hydrogen) atoms. The second-order valence-corrected chi connectivity index (χ2v) is 6.46. The SMILES string of the molecule is c1ccc(Oc2ccc(-c3ccn4c(-c5ccncc5)cnc4c3)cc2)cc1. The highest BCUT2D eigenvalue weighted by Gasteiger charge is 2.07. The standard InChI is InChI=1S/C24H17N3O/c1-2-4-21(5-3-1)28-22-8-6-18(7-9-22)20-12-15-27-23(17-26-24(27)16-20)19-10-13-25-14-11-19/h1-17H. The average molecular weight is 363 g/mol. The van der Waals surface area contributed by atoms with E-state index in [0.717, 1.165) is 39.5 Å². The topological polar surface area (TPSA) is 39.4 Å². The molecule has 0 spiro atoms. The summed E-state index contributed by atoms with van der Waals surface area (Å²) >= 11 is 0. The molecule has 0 amide bonds. The van der Waals surface area contributed by atoms with Gasteiger partial charge in [-0.25, -0.2) is 4.98 Å². The summed E-state index contributed by atoms with van der Waals surface area (Å²) in [6, 6.07) is 26.1. The van der Waals surface area contributed by atoms with E-state index in [0.29, 0.717) is 0 Å². The third-order valence-corrected chi connectivity index (χ3v) is 4.66. The van der Waals surface area contributed by atoms with Gasteiger partial charge in [0.1, 0.15) is 17.1 Å². The van der Waals surface area contributed by atoms with Gasteiger partial charge in [-0.05, 0) is 59.7 Å². The van der Waals surface area contributed by atoms with E-state index >= 15 is 0 Å². The first-order valence-corrected chi connectivity index (χ1v) is 9.08. The third-order valence-electron chi connectivity index (χ3n) is 4.66. The quantitative estimate of drug-likeness (QED) is 0.402. The van der Waals surface area contributed by atoms with Crippen LogP contribution >= 0.6 is 0 Å². The maximum Gasteiger partial charge on any atom is 0.137 e. The van der Waals surface area contributed by atoms with Gasteiger partial charge in [-0.15, -0.1) is 0 Å². The third kappa shape index (κ3) is 3.12. The molecule has 5 aromatic rings. The summed E-state index contributed by atoms with van der Waals surface area (Å²) < 4.78 is 7.96. The predicted molar refractivity (Wildman–Crippen MR) is 110 cm³/mol. The minimum atomic E-state index is 0.816. The number of hydrogen-bond donors (Lipinski definition) is 0. The summed E-state index contributed by atoms with van der Waals surface area (Å²) in [5.74, 6) is 1.65. The first kappa shape index (κ1) is 16.3. The van der Waals surface area contributed by atoms with E-state index in [1.165, 1.54) is 0 Å². The minimum Gasteiger partial charge on any atom is -0.457 e. The molecule has 5 rings (SSSR count). The van der Waals surface area contributed by atoms with Crippen LogP contribution in [0.1, 0.15) is 0 Å². The van der Waals surface area contributed by atoms with Crippen LogP contribution in [0, 0.1) is 0 Å². The van der Waals surface area contributed by atoms with Crippen molar-refractivity contribution < 1.29 is 4.74 Å². The van der Waals surface area contributed by atoms with Crippen molar-refractivity contribution in [2.75, 3.05) is 0 Å². The molecule has 0 bridgehead atoms. The van der Waals surface area contributed by atoms with Crippen LogP contribution in [-0.2, 0) is 0 Å². The lowest BCUT2D eigenvalue weighted by Gasteiger charge is -2.08. The highest BCUT2D eigenvalue weighted by molar-refractivity contribution is 5.71. The smallest absolute Gasteiger partial charge is 0.137 e. The zero-order valence-electron chi connectivity index (χ0n) is 15.1. The maximum absolute atomic E-state index is 5.87. The molecule has 3 heterocycles. The lowest BCUT2D eigenvalue weighted by atomic mass is 10.1. The summed E-state index contributed by atoms with van der Waals surface area (Å²) in [6.07, 6.45) is 7.54. The van der Waals surface area contributed by atoms with Crippen molar-refractivity contribution in [2.45, 2.75) is 0 Å². The van der Waals surface area contributed by atoms with Crippen LogP contribution in [0.3, 0.4) is 0 Å². The van der Waals surface area contributed by atoms with E-state index in [4.69, 9.17) is 4.74 Å². The Labute approximate surface area is 162 Å². The lowest BCUT2D eigenvalue weighted by Crippen LogP contribution is -1.89. The van der Waals surface area contributed by atoms with Crippen molar-refractivity contribution in [3.63, 3.8) is 0 Å². The molecule has 3 aromatic heterocycles. The Balaban J connectivity index is 1.43. The summed E-state index contributed by atoms with van der Waals surface area (Å²) in [4.78, 5) is 8.66. The number of hydrogen-bond acceptors (Lipinski definition) is 3. The van der Waals surface area contributed by atoms with Crippen LogP contribution in [0.4, 0.5) is 0 Å². The normalized spacial score (nSPS) is 10.9. The molecule has 4 heteroatoms. The van der Waals surface area contributed by atoms with Gasteiger partial charge in [0.25, 0.3) is 0 Å². The van der Waals surface area contributed by atoms with E-state index in [9.17, 15) is 0 Å². The molecule has 0 aliphatic rings. The lowest BCUT2D eigenvalue weighted by molar-refractivity contribution is 0.483. The number of aromatic nitrogens is 3. The molecular weight excluding hydrogens is 346 g/mol. The van der Waals surface area contributed by atoms with Crippen molar-refractivity contribution in [3.8, 4) is 33.9 Å². The van der Waals surface area contributed by atoms with Crippen molar-refractivity contribution in [1.82, 2.24) is 14.4 Å². The van der Waals surface area contributed by atoms with E-state index in [2.05, 4.69) is 44.8 Å². The van der Waals surface area contributed by atoms with Crippen LogP contribution < -0.4 is 4.74 Å². The number of rotatable bonds is 4. The Morgan fingerprint density at radius 1 is 0.679 bits per heavy atom. The molecule has 0 atom stereocenters. The Kier molecular flexibility index (Phi) is 4.07. The highest BCUT2D eigenvalue weighted by atomic mass is 16.5. The second-order valence-electron chi connectivity index (χ2n) is 6.46. The van der Waals surface area contributed by atoms with Crippen LogP contribution in [0.5, 0.6) is 11.5 Å². The number of para-hydroxylation sites is 1. The molecule has 134 valence electrons. The zero-order valence-corrected chi connectivity index (χ0v) is 15.1. The Morgan fingerprint density at radius 3 is 2.21 bits per heavy atom. The monoisotopic (exact) mass is 363 g/mol. The van der Waals surface area contributed by atoms with Gasteiger partial charge in [-0.3, -0.25) is 9.38 Å². The minimum absolute atomic E-state index is 0.816. The number of imidazole rings is 1. The largest absolute Gasteiger partial charge is 0.457 e. The molecule has 0 aliphatic carbocycles. The van der Waals surface area contributed by atoms with Crippen molar-refractivity contribution in [1.29, 1.82) is 0 Å². The Morgan fingerprint density at radius 2 is 1.43 bits per heavy atom. The first-order valence-electron chi connectivity index (χ1n) is 9.08. The number of benzene rings is 2. The highest BCUT2D eigenvalue weighted by Crippen LogP contribution is 2.28. The summed E-state index contributed by atoms with van der Waals surface area (Å²) in [6.45, 7) is 0. The number of nitrogens with zero attached hydrogens (tertiary/aromatic N) is 3. The van der Waals surface area contributed by atoms with E-state index in [-0.39, 0.29) is 0 Å². The number of fused-ring (bicyclic) bond motifs is 1. The van der Waals surface area contributed by atoms with E-state index in [1.807, 2.05) is 60.8 Å². The van der Waals surface area contributed by atoms with E-state index in [1.54, 1.807) is 12.4 Å². The van der Waals surface area contributed by atoms with Crippen LogP contribution in [0.15, 0.2) is 104 Å². The Bertz CT molecular complexity index is 1210. The molecule has 0 N–H and O–H groups in total. The molecule has 0 unspecified atom stereocenters. The molecule has 0 fully saturated rings. The number of ether oxygens (including phenoxy) is 1. The van der Waals surface area contributed by atoms with Gasteiger partial charge in [0.05, 0.1) is 11.9 Å². The summed E-state index contributed by atoms with van der Waals surface area (Å²) in [5.41, 5.74) is 5.30. The average Bonchev–Trinajstić information content (AvgIpc) is 3.19. The van der Waals surface area contributed by atoms with E-state index < -0.39 is 0 Å². The van der Waals surface area contributed by atoms with Gasteiger partial charge in [-0.1, -0.05) is 30.3 Å². The molecular formula is C24H17N3O. The molecule has 0 saturated carbocycles. The zero-order chi connectivity index (χ0) is 18.8. The van der Waals surface area contributed by atoms with Gasteiger partial charge in [0.2, 0.25) is 0 Å². The summed E-state index contributed by atoms with van der Waals surface area (Å²) in [7, 11) is 0. The van der Waals surface area contributed by atoms with Gasteiger partial charge in [-0.2, -0.15) is 0 Å².